The van der Waals surface area contributed by atoms with Crippen molar-refractivity contribution in [3.63, 3.8) is 0 Å². The van der Waals surface area contributed by atoms with Gasteiger partial charge in [0.05, 0.1) is 27.8 Å². The zero-order valence-corrected chi connectivity index (χ0v) is 76.1. The molecule has 2 aliphatic heterocycles. The molecule has 0 unspecified atom stereocenters. The normalized spacial score (nSPS) is 13.0. The lowest BCUT2D eigenvalue weighted by Gasteiger charge is -2.45. The molecule has 0 bridgehead atoms. The number of nitrogens with zero attached hydrogens (tertiary/aromatic N) is 5. The van der Waals surface area contributed by atoms with Crippen molar-refractivity contribution in [3.05, 3.63) is 435 Å². The van der Waals surface area contributed by atoms with Crippen LogP contribution in [0.4, 0.5) is 51.2 Å². The van der Waals surface area contributed by atoms with Crippen molar-refractivity contribution in [3.8, 4) is 11.4 Å². The van der Waals surface area contributed by atoms with Gasteiger partial charge in [-0.1, -0.05) is 362 Å². The molecule has 19 aromatic rings. The summed E-state index contributed by atoms with van der Waals surface area (Å²) in [6, 6.07) is 159. The number of hydrogen-bond acceptors (Lipinski definition) is 3. The molecular formula is C118H104BN5Si2. The summed E-state index contributed by atoms with van der Waals surface area (Å²) < 4.78 is 5.14. The molecule has 8 heteroatoms. The molecule has 2 aromatic heterocycles. The maximum absolute atomic E-state index is 3.20. The molecule has 2 aliphatic rings. The summed E-state index contributed by atoms with van der Waals surface area (Å²) in [6.45, 7) is 27.8. The monoisotopic (exact) mass is 1660 g/mol. The van der Waals surface area contributed by atoms with Crippen molar-refractivity contribution >= 4 is 176 Å². The molecule has 0 N–H and O–H groups in total. The third kappa shape index (κ3) is 13.2. The van der Waals surface area contributed by atoms with Crippen LogP contribution in [-0.2, 0) is 21.7 Å². The van der Waals surface area contributed by atoms with Crippen LogP contribution in [0.2, 0.25) is 0 Å². The van der Waals surface area contributed by atoms with Crippen LogP contribution >= 0.6 is 0 Å². The van der Waals surface area contributed by atoms with Crippen LogP contribution in [0.25, 0.3) is 55.0 Å². The predicted molar refractivity (Wildman–Crippen MR) is 546 cm³/mol. The van der Waals surface area contributed by atoms with Gasteiger partial charge in [0, 0.05) is 78.4 Å². The Morgan fingerprint density at radius 2 is 0.476 bits per heavy atom. The molecule has 5 nitrogen and oxygen atoms in total. The van der Waals surface area contributed by atoms with Gasteiger partial charge in [-0.05, 0) is 235 Å². The second kappa shape index (κ2) is 30.6. The van der Waals surface area contributed by atoms with Crippen LogP contribution in [0.15, 0.2) is 413 Å². The first-order chi connectivity index (χ1) is 61.0. The lowest BCUT2D eigenvalue weighted by atomic mass is 9.33. The van der Waals surface area contributed by atoms with Crippen LogP contribution in [0.1, 0.15) is 105 Å². The van der Waals surface area contributed by atoms with E-state index in [1.807, 2.05) is 0 Å². The predicted octanol–water partition coefficient (Wildman–Crippen LogP) is 23.4. The van der Waals surface area contributed by atoms with Crippen molar-refractivity contribution < 1.29 is 0 Å². The maximum atomic E-state index is 2.70. The quantitative estimate of drug-likeness (QED) is 0.0753. The lowest BCUT2D eigenvalue weighted by molar-refractivity contribution is 0.590. The van der Waals surface area contributed by atoms with E-state index in [1.165, 1.54) is 124 Å². The van der Waals surface area contributed by atoms with Gasteiger partial charge in [0.15, 0.2) is 16.1 Å². The van der Waals surface area contributed by atoms with Gasteiger partial charge in [-0.15, -0.1) is 0 Å². The summed E-state index contributed by atoms with van der Waals surface area (Å²) in [7, 11) is -6.39. The summed E-state index contributed by atoms with van der Waals surface area (Å²) in [5.41, 5.74) is 25.0. The van der Waals surface area contributed by atoms with E-state index >= 15 is 0 Å². The number of hydrogen-bond donors (Lipinski definition) is 0. The molecule has 612 valence electrons. The number of aromatic nitrogens is 2. The Balaban J connectivity index is 0.920. The van der Waals surface area contributed by atoms with E-state index in [4.69, 9.17) is 0 Å². The second-order valence-electron chi connectivity index (χ2n) is 38.9. The number of para-hydroxylation sites is 2. The van der Waals surface area contributed by atoms with Gasteiger partial charge >= 0.3 is 0 Å². The highest BCUT2D eigenvalue weighted by molar-refractivity contribution is 7.20. The van der Waals surface area contributed by atoms with Crippen molar-refractivity contribution in [2.75, 3.05) is 14.7 Å². The van der Waals surface area contributed by atoms with Gasteiger partial charge in [0.1, 0.15) is 0 Å². The number of anilines is 9. The van der Waals surface area contributed by atoms with Crippen LogP contribution < -0.4 is 72.6 Å². The van der Waals surface area contributed by atoms with Crippen LogP contribution in [0.5, 0.6) is 0 Å². The summed E-state index contributed by atoms with van der Waals surface area (Å²) in [6.07, 6.45) is 0. The molecule has 0 fully saturated rings. The van der Waals surface area contributed by atoms with Crippen LogP contribution in [0, 0.1) is 0 Å². The van der Waals surface area contributed by atoms with E-state index in [-0.39, 0.29) is 28.4 Å². The minimum Gasteiger partial charge on any atom is -0.311 e. The number of benzene rings is 17. The van der Waals surface area contributed by atoms with Gasteiger partial charge in [0.2, 0.25) is 0 Å². The molecule has 4 heterocycles. The summed E-state index contributed by atoms with van der Waals surface area (Å²) in [5, 5.41) is 15.5. The Kier molecular flexibility index (Phi) is 19.3. The molecule has 21 rings (SSSR count). The summed E-state index contributed by atoms with van der Waals surface area (Å²) in [4.78, 5) is 7.88. The van der Waals surface area contributed by atoms with Gasteiger partial charge in [0.25, 0.3) is 6.71 Å². The number of rotatable bonds is 15. The Bertz CT molecular complexity index is 6600. The van der Waals surface area contributed by atoms with Crippen LogP contribution in [0.3, 0.4) is 0 Å². The first-order valence-electron chi connectivity index (χ1n) is 44.7. The fourth-order valence-corrected chi connectivity index (χ4v) is 30.4. The van der Waals surface area contributed by atoms with Gasteiger partial charge in [-0.25, -0.2) is 0 Å². The minimum atomic E-state index is -3.20. The lowest BCUT2D eigenvalue weighted by Crippen LogP contribution is -2.74. The van der Waals surface area contributed by atoms with Crippen molar-refractivity contribution in [1.82, 2.24) is 9.13 Å². The first-order valence-corrected chi connectivity index (χ1v) is 48.7. The fraction of sp³-hybridized carbons (Fsp3) is 0.136. The minimum absolute atomic E-state index is 0.0845. The highest BCUT2D eigenvalue weighted by atomic mass is 28.3. The average molecular weight is 1660 g/mol. The van der Waals surface area contributed by atoms with Crippen molar-refractivity contribution in [1.29, 1.82) is 0 Å². The Labute approximate surface area is 744 Å². The zero-order chi connectivity index (χ0) is 86.2. The highest BCUT2D eigenvalue weighted by Crippen LogP contribution is 2.51. The SMILES string of the molecule is CC(C)(C)c1ccc2c(c1)c1cc(C(C)(C)C)ccc1n2-c1ccc2c(c1)N(c1cccc([Si](c3ccccc3)(c3ccccc3)c3ccccc3)c1)c1cc(N(c3ccccc3)c3ccccc3)cc3c1B2c1ccc(-n2c4ccc(C(C)(C)C)cc4c4cc(C(C)(C)C)ccc42)cc1N3c1cccc([Si](c2ccccc2)(c2ccccc2)c2ccccc2)c1. The zero-order valence-electron chi connectivity index (χ0n) is 74.1. The Morgan fingerprint density at radius 3 is 0.746 bits per heavy atom. The van der Waals surface area contributed by atoms with E-state index in [0.717, 1.165) is 62.6 Å². The molecular weight excluding hydrogens is 1550 g/mol. The smallest absolute Gasteiger partial charge is 0.252 e. The highest BCUT2D eigenvalue weighted by Gasteiger charge is 2.48. The molecule has 0 aliphatic carbocycles. The molecule has 0 amide bonds. The Morgan fingerprint density at radius 1 is 0.214 bits per heavy atom. The fourth-order valence-electron chi connectivity index (χ4n) is 20.9. The third-order valence-electron chi connectivity index (χ3n) is 27.1. The molecule has 0 spiro atoms. The van der Waals surface area contributed by atoms with Gasteiger partial charge < -0.3 is 23.8 Å². The van der Waals surface area contributed by atoms with E-state index in [1.54, 1.807) is 0 Å². The van der Waals surface area contributed by atoms with E-state index in [0.29, 0.717) is 0 Å². The molecule has 0 atom stereocenters. The van der Waals surface area contributed by atoms with E-state index in [2.05, 4.69) is 519 Å². The largest absolute Gasteiger partial charge is 0.311 e. The Hall–Kier alpha value is -13.8. The van der Waals surface area contributed by atoms with Crippen molar-refractivity contribution in [2.45, 2.75) is 105 Å². The summed E-state index contributed by atoms with van der Waals surface area (Å²) in [5.74, 6) is 0. The maximum Gasteiger partial charge on any atom is 0.252 e. The number of fused-ring (bicyclic) bond motifs is 10. The topological polar surface area (TPSA) is 19.6 Å². The van der Waals surface area contributed by atoms with Crippen LogP contribution in [-0.4, -0.2) is 32.0 Å². The molecule has 126 heavy (non-hydrogen) atoms. The van der Waals surface area contributed by atoms with Gasteiger partial charge in [-0.2, -0.15) is 0 Å². The van der Waals surface area contributed by atoms with Gasteiger partial charge in [-0.3, -0.25) is 0 Å². The molecule has 0 saturated carbocycles. The average Bonchev–Trinajstić information content (AvgIpc) is 0.717. The third-order valence-corrected chi connectivity index (χ3v) is 36.7. The van der Waals surface area contributed by atoms with E-state index in [9.17, 15) is 0 Å². The molecule has 17 aromatic carbocycles. The second-order valence-corrected chi connectivity index (χ2v) is 46.5. The van der Waals surface area contributed by atoms with E-state index < -0.39 is 16.1 Å². The first kappa shape index (κ1) is 79.4. The standard InChI is InChI=1S/C118H104BN5Si2/c1-115(2,3)81-59-67-106-100(71-81)101-72-82(116(4,5)6)60-68-107(101)121(106)89-63-65-104-110(77-89)123(87-43-37-57-98(75-87)125(92-45-25-15-26-46-92,93-47-27-16-28-48-93)94-49-29-17-30-50-94)112-79-91(120(85-39-21-13-22-40-85)86-41-23-14-24-42-86)80-113-114(112)119(104)105-66-64-90(122-108-69-61-83(117(7,8)9)73-102(108)103-74-84(118(10,11)12)62-70-109(103)122)78-111(105)124(113)88-44-38-58-99(76-88)126(95-51-31-18-32-52-95,96-53-33-19-34-54-96)97-55-35-20-36-56-97/h13-80H,1-12H3. The molecule has 0 saturated heterocycles. The van der Waals surface area contributed by atoms with Crippen molar-refractivity contribution in [2.24, 2.45) is 0 Å². The summed E-state index contributed by atoms with van der Waals surface area (Å²) >= 11 is 0. The molecule has 0 radical (unpaired) electrons.